The second-order valence-electron chi connectivity index (χ2n) is 5.47. The average Bonchev–Trinajstić information content (AvgIpc) is 2.98. The number of esters is 1. The van der Waals surface area contributed by atoms with Crippen LogP contribution in [0.2, 0.25) is 0 Å². The summed E-state index contributed by atoms with van der Waals surface area (Å²) < 4.78 is 46.7. The lowest BCUT2D eigenvalue weighted by molar-refractivity contribution is -0.152. The van der Waals surface area contributed by atoms with Gasteiger partial charge in [0.2, 0.25) is 0 Å². The van der Waals surface area contributed by atoms with Crippen LogP contribution in [0.25, 0.3) is 0 Å². The lowest BCUT2D eigenvalue weighted by atomic mass is 10.3. The smallest absolute Gasteiger partial charge is 0.307 e. The molecule has 1 N–H and O–H groups in total. The maximum Gasteiger partial charge on any atom is 0.307 e. The number of aryl methyl sites for hydroxylation is 1. The SMILES string of the molecule is Cc1cc(NC(=O)[C@@H](C)OC(=O)CCS(=O)(=O)c2ccc(F)cc2)no1. The van der Waals surface area contributed by atoms with Gasteiger partial charge in [0, 0.05) is 6.07 Å². The van der Waals surface area contributed by atoms with Crippen molar-refractivity contribution in [3.05, 3.63) is 41.9 Å². The van der Waals surface area contributed by atoms with Gasteiger partial charge in [0.15, 0.2) is 21.8 Å². The largest absolute Gasteiger partial charge is 0.453 e. The first-order valence-corrected chi connectivity index (χ1v) is 9.24. The minimum absolute atomic E-state index is 0.0982. The van der Waals surface area contributed by atoms with E-state index in [9.17, 15) is 22.4 Å². The average molecular weight is 384 g/mol. The fraction of sp³-hybridized carbons (Fsp3) is 0.312. The molecule has 0 bridgehead atoms. The third-order valence-corrected chi connectivity index (χ3v) is 5.04. The van der Waals surface area contributed by atoms with Crippen molar-refractivity contribution in [2.75, 3.05) is 11.1 Å². The zero-order chi connectivity index (χ0) is 19.3. The minimum Gasteiger partial charge on any atom is -0.453 e. The molecule has 0 spiro atoms. The Morgan fingerprint density at radius 1 is 1.31 bits per heavy atom. The first kappa shape index (κ1) is 19.6. The van der Waals surface area contributed by atoms with E-state index in [-0.39, 0.29) is 10.7 Å². The summed E-state index contributed by atoms with van der Waals surface area (Å²) in [6.45, 7) is 2.99. The third kappa shape index (κ3) is 5.38. The van der Waals surface area contributed by atoms with Gasteiger partial charge < -0.3 is 14.6 Å². The van der Waals surface area contributed by atoms with Crippen molar-refractivity contribution in [1.29, 1.82) is 0 Å². The van der Waals surface area contributed by atoms with Gasteiger partial charge in [-0.05, 0) is 38.1 Å². The lowest BCUT2D eigenvalue weighted by Gasteiger charge is -2.12. The van der Waals surface area contributed by atoms with E-state index >= 15 is 0 Å². The number of ether oxygens (including phenoxy) is 1. The fourth-order valence-corrected chi connectivity index (χ4v) is 3.16. The van der Waals surface area contributed by atoms with Crippen LogP contribution >= 0.6 is 0 Å². The number of hydrogen-bond donors (Lipinski definition) is 1. The number of nitrogens with zero attached hydrogens (tertiary/aromatic N) is 1. The number of carbonyl (C=O) groups excluding carboxylic acids is 2. The van der Waals surface area contributed by atoms with E-state index < -0.39 is 45.8 Å². The van der Waals surface area contributed by atoms with Crippen molar-refractivity contribution < 1.29 is 31.7 Å². The Morgan fingerprint density at radius 2 is 1.96 bits per heavy atom. The summed E-state index contributed by atoms with van der Waals surface area (Å²) in [4.78, 5) is 23.6. The molecular formula is C16H17FN2O6S. The molecule has 1 heterocycles. The summed E-state index contributed by atoms with van der Waals surface area (Å²) in [6, 6.07) is 5.76. The Labute approximate surface area is 149 Å². The second kappa shape index (κ2) is 8.09. The molecule has 1 aromatic carbocycles. The first-order chi connectivity index (χ1) is 12.2. The molecule has 0 radical (unpaired) electrons. The number of rotatable bonds is 7. The van der Waals surface area contributed by atoms with Crippen LogP contribution in [0.15, 0.2) is 39.8 Å². The number of halogens is 1. The van der Waals surface area contributed by atoms with Crippen LogP contribution in [-0.4, -0.2) is 37.3 Å². The maximum absolute atomic E-state index is 12.8. The standard InChI is InChI=1S/C16H17FN2O6S/c1-10-9-14(19-25-10)18-16(21)11(2)24-15(20)7-8-26(22,23)13-5-3-12(17)4-6-13/h3-6,9,11H,7-8H2,1-2H3,(H,18,19,21)/t11-/m1/s1. The van der Waals surface area contributed by atoms with E-state index in [1.165, 1.54) is 13.0 Å². The Kier molecular flexibility index (Phi) is 6.09. The number of nitrogens with one attached hydrogen (secondary N) is 1. The molecule has 0 fully saturated rings. The Hall–Kier alpha value is -2.75. The molecule has 0 aliphatic rings. The van der Waals surface area contributed by atoms with Gasteiger partial charge in [0.05, 0.1) is 17.1 Å². The zero-order valence-electron chi connectivity index (χ0n) is 14.1. The van der Waals surface area contributed by atoms with Gasteiger partial charge in [-0.1, -0.05) is 5.16 Å². The summed E-state index contributed by atoms with van der Waals surface area (Å²) in [5.41, 5.74) is 0. The van der Waals surface area contributed by atoms with Gasteiger partial charge in [-0.2, -0.15) is 0 Å². The molecule has 0 saturated heterocycles. The van der Waals surface area contributed by atoms with Gasteiger partial charge >= 0.3 is 5.97 Å². The number of anilines is 1. The van der Waals surface area contributed by atoms with E-state index in [2.05, 4.69) is 10.5 Å². The molecule has 26 heavy (non-hydrogen) atoms. The highest BCUT2D eigenvalue weighted by atomic mass is 32.2. The lowest BCUT2D eigenvalue weighted by Crippen LogP contribution is -2.30. The number of carbonyl (C=O) groups is 2. The topological polar surface area (TPSA) is 116 Å². The highest BCUT2D eigenvalue weighted by molar-refractivity contribution is 7.91. The predicted octanol–water partition coefficient (Wildman–Crippen LogP) is 1.86. The normalized spacial score (nSPS) is 12.4. The van der Waals surface area contributed by atoms with E-state index in [1.54, 1.807) is 6.92 Å². The van der Waals surface area contributed by atoms with Crippen LogP contribution in [0.1, 0.15) is 19.1 Å². The molecule has 1 amide bonds. The molecule has 2 aromatic rings. The van der Waals surface area contributed by atoms with Crippen molar-refractivity contribution in [2.24, 2.45) is 0 Å². The molecule has 8 nitrogen and oxygen atoms in total. The van der Waals surface area contributed by atoms with Crippen molar-refractivity contribution >= 4 is 27.5 Å². The fourth-order valence-electron chi connectivity index (χ4n) is 1.94. The second-order valence-corrected chi connectivity index (χ2v) is 7.58. The number of sulfone groups is 1. The molecule has 1 atom stereocenters. The van der Waals surface area contributed by atoms with Crippen molar-refractivity contribution in [1.82, 2.24) is 5.16 Å². The van der Waals surface area contributed by atoms with Gasteiger partial charge in [-0.3, -0.25) is 9.59 Å². The quantitative estimate of drug-likeness (QED) is 0.572. The van der Waals surface area contributed by atoms with Crippen LogP contribution in [0.5, 0.6) is 0 Å². The number of benzene rings is 1. The van der Waals surface area contributed by atoms with Crippen LogP contribution in [0.4, 0.5) is 10.2 Å². The van der Waals surface area contributed by atoms with Gasteiger partial charge in [0.1, 0.15) is 11.6 Å². The van der Waals surface area contributed by atoms with E-state index in [0.717, 1.165) is 24.3 Å². The van der Waals surface area contributed by atoms with Gasteiger partial charge in [-0.25, -0.2) is 12.8 Å². The molecule has 0 unspecified atom stereocenters. The molecule has 0 aliphatic carbocycles. The van der Waals surface area contributed by atoms with Crippen LogP contribution < -0.4 is 5.32 Å². The highest BCUT2D eigenvalue weighted by Gasteiger charge is 2.22. The third-order valence-electron chi connectivity index (χ3n) is 3.30. The molecule has 2 rings (SSSR count). The van der Waals surface area contributed by atoms with Crippen molar-refractivity contribution in [3.8, 4) is 0 Å². The minimum atomic E-state index is -3.76. The first-order valence-electron chi connectivity index (χ1n) is 7.59. The molecular weight excluding hydrogens is 367 g/mol. The molecule has 0 saturated carbocycles. The van der Waals surface area contributed by atoms with E-state index in [4.69, 9.17) is 9.26 Å². The Morgan fingerprint density at radius 3 is 2.54 bits per heavy atom. The zero-order valence-corrected chi connectivity index (χ0v) is 14.9. The summed E-state index contributed by atoms with van der Waals surface area (Å²) in [5, 5.41) is 5.97. The van der Waals surface area contributed by atoms with Crippen LogP contribution in [0.3, 0.4) is 0 Å². The number of aromatic nitrogens is 1. The molecule has 10 heteroatoms. The molecule has 1 aromatic heterocycles. The number of hydrogen-bond acceptors (Lipinski definition) is 7. The number of amides is 1. The predicted molar refractivity (Wildman–Crippen MR) is 88.5 cm³/mol. The van der Waals surface area contributed by atoms with E-state index in [0.29, 0.717) is 5.76 Å². The van der Waals surface area contributed by atoms with E-state index in [1.807, 2.05) is 0 Å². The molecule has 140 valence electrons. The summed E-state index contributed by atoms with van der Waals surface area (Å²) >= 11 is 0. The highest BCUT2D eigenvalue weighted by Crippen LogP contribution is 2.13. The summed E-state index contributed by atoms with van der Waals surface area (Å²) in [6.07, 6.45) is -1.59. The van der Waals surface area contributed by atoms with Crippen molar-refractivity contribution in [2.45, 2.75) is 31.3 Å². The maximum atomic E-state index is 12.8. The van der Waals surface area contributed by atoms with Gasteiger partial charge in [0.25, 0.3) is 5.91 Å². The molecule has 0 aliphatic heterocycles. The van der Waals surface area contributed by atoms with Crippen LogP contribution in [-0.2, 0) is 24.2 Å². The van der Waals surface area contributed by atoms with Crippen molar-refractivity contribution in [3.63, 3.8) is 0 Å². The van der Waals surface area contributed by atoms with Gasteiger partial charge in [-0.15, -0.1) is 0 Å². The Balaban J connectivity index is 1.85. The summed E-state index contributed by atoms with van der Waals surface area (Å²) in [7, 11) is -3.76. The summed E-state index contributed by atoms with van der Waals surface area (Å²) in [5.74, 6) is -1.90. The van der Waals surface area contributed by atoms with Crippen LogP contribution in [0, 0.1) is 12.7 Å². The monoisotopic (exact) mass is 384 g/mol. The Bertz CT molecular complexity index is 892.